The molecule has 0 unspecified atom stereocenters. The molecule has 0 aliphatic carbocycles. The zero-order valence-corrected chi connectivity index (χ0v) is 7.44. The van der Waals surface area contributed by atoms with E-state index in [-0.39, 0.29) is 29.6 Å². The van der Waals surface area contributed by atoms with E-state index in [9.17, 15) is 8.78 Å². The average molecular weight is 153 g/mol. The number of halogens is 2. The first-order valence-corrected chi connectivity index (χ1v) is 2.33. The molecular formula is C6H4F2NaO. The van der Waals surface area contributed by atoms with E-state index in [2.05, 4.69) is 0 Å². The van der Waals surface area contributed by atoms with Crippen LogP contribution >= 0.6 is 0 Å². The van der Waals surface area contributed by atoms with E-state index in [0.717, 1.165) is 12.1 Å². The Morgan fingerprint density at radius 2 is 1.40 bits per heavy atom. The molecule has 0 atom stereocenters. The van der Waals surface area contributed by atoms with Gasteiger partial charge in [0.25, 0.3) is 0 Å². The molecule has 1 aromatic carbocycles. The fraction of sp³-hybridized carbons (Fsp3) is 0. The van der Waals surface area contributed by atoms with E-state index in [1.807, 2.05) is 0 Å². The Hall–Kier alpha value is -0.120. The van der Waals surface area contributed by atoms with Crippen LogP contribution in [0.15, 0.2) is 18.2 Å². The van der Waals surface area contributed by atoms with Crippen molar-refractivity contribution in [2.45, 2.75) is 0 Å². The second kappa shape index (κ2) is 3.91. The Bertz CT molecular complexity index is 177. The normalized spacial score (nSPS) is 8.60. The number of hydrogen-bond donors (Lipinski definition) is 1. The Morgan fingerprint density at radius 1 is 1.00 bits per heavy atom. The standard InChI is InChI=1S/C6H4F2O.Na/c7-4-1-5(8)3-6(9)2-4;/h1-3,9H;. The monoisotopic (exact) mass is 153 g/mol. The van der Waals surface area contributed by atoms with Crippen LogP contribution in [0.2, 0.25) is 0 Å². The Kier molecular flexibility index (Phi) is 3.86. The first-order valence-electron chi connectivity index (χ1n) is 2.33. The predicted molar refractivity (Wildman–Crippen MR) is 33.8 cm³/mol. The van der Waals surface area contributed by atoms with Gasteiger partial charge in [0, 0.05) is 47.8 Å². The van der Waals surface area contributed by atoms with Crippen LogP contribution in [-0.2, 0) is 0 Å². The van der Waals surface area contributed by atoms with Crippen molar-refractivity contribution in [2.24, 2.45) is 0 Å². The van der Waals surface area contributed by atoms with Crippen molar-refractivity contribution in [2.75, 3.05) is 0 Å². The third-order valence-electron chi connectivity index (χ3n) is 0.847. The van der Waals surface area contributed by atoms with Crippen LogP contribution in [0.25, 0.3) is 0 Å². The molecule has 0 saturated carbocycles. The van der Waals surface area contributed by atoms with Crippen LogP contribution < -0.4 is 0 Å². The SMILES string of the molecule is Oc1cc(F)cc(F)c1.[Na]. The number of rotatable bonds is 0. The maximum Gasteiger partial charge on any atom is 0.129 e. The summed E-state index contributed by atoms with van der Waals surface area (Å²) in [5, 5.41) is 8.51. The van der Waals surface area contributed by atoms with Crippen LogP contribution in [-0.4, -0.2) is 34.7 Å². The van der Waals surface area contributed by atoms with E-state index in [1.54, 1.807) is 0 Å². The van der Waals surface area contributed by atoms with E-state index in [1.165, 1.54) is 0 Å². The van der Waals surface area contributed by atoms with E-state index in [4.69, 9.17) is 5.11 Å². The zero-order valence-electron chi connectivity index (χ0n) is 5.44. The van der Waals surface area contributed by atoms with Gasteiger partial charge in [-0.05, 0) is 0 Å². The molecule has 1 radical (unpaired) electrons. The van der Waals surface area contributed by atoms with Crippen LogP contribution in [0.5, 0.6) is 5.75 Å². The number of phenolic OH excluding ortho intramolecular Hbond substituents is 1. The smallest absolute Gasteiger partial charge is 0.129 e. The second-order valence-corrected chi connectivity index (χ2v) is 1.63. The van der Waals surface area contributed by atoms with E-state index >= 15 is 0 Å². The predicted octanol–water partition coefficient (Wildman–Crippen LogP) is 1.29. The van der Waals surface area contributed by atoms with Crippen LogP contribution in [0.4, 0.5) is 8.78 Å². The average Bonchev–Trinajstić information content (AvgIpc) is 1.59. The maximum absolute atomic E-state index is 12.0. The van der Waals surface area contributed by atoms with Gasteiger partial charge in [-0.25, -0.2) is 8.78 Å². The van der Waals surface area contributed by atoms with Crippen molar-refractivity contribution in [1.82, 2.24) is 0 Å². The van der Waals surface area contributed by atoms with E-state index < -0.39 is 17.4 Å². The van der Waals surface area contributed by atoms with Crippen molar-refractivity contribution in [3.63, 3.8) is 0 Å². The summed E-state index contributed by atoms with van der Waals surface area (Å²) in [5.41, 5.74) is 0. The minimum Gasteiger partial charge on any atom is -0.508 e. The number of phenols is 1. The summed E-state index contributed by atoms with van der Waals surface area (Å²) in [4.78, 5) is 0. The van der Waals surface area contributed by atoms with Crippen molar-refractivity contribution < 1.29 is 13.9 Å². The van der Waals surface area contributed by atoms with Gasteiger partial charge in [-0.15, -0.1) is 0 Å². The molecule has 1 N–H and O–H groups in total. The molecule has 49 valence electrons. The van der Waals surface area contributed by atoms with Gasteiger partial charge in [-0.1, -0.05) is 0 Å². The van der Waals surface area contributed by atoms with Crippen LogP contribution in [0, 0.1) is 11.6 Å². The molecule has 0 aliphatic rings. The van der Waals surface area contributed by atoms with Gasteiger partial charge >= 0.3 is 0 Å². The zero-order chi connectivity index (χ0) is 6.85. The molecule has 10 heavy (non-hydrogen) atoms. The Labute approximate surface area is 79.0 Å². The van der Waals surface area contributed by atoms with Crippen molar-refractivity contribution in [1.29, 1.82) is 0 Å². The molecule has 0 spiro atoms. The molecule has 0 amide bonds. The topological polar surface area (TPSA) is 20.2 Å². The molecule has 1 aromatic rings. The Morgan fingerprint density at radius 3 is 1.70 bits per heavy atom. The van der Waals surface area contributed by atoms with Crippen molar-refractivity contribution >= 4 is 29.6 Å². The second-order valence-electron chi connectivity index (χ2n) is 1.63. The fourth-order valence-electron chi connectivity index (χ4n) is 0.539. The summed E-state index contributed by atoms with van der Waals surface area (Å²) in [6.07, 6.45) is 0. The number of hydrogen-bond acceptors (Lipinski definition) is 1. The third-order valence-corrected chi connectivity index (χ3v) is 0.847. The van der Waals surface area contributed by atoms with Crippen LogP contribution in [0.3, 0.4) is 0 Å². The molecule has 1 rings (SSSR count). The van der Waals surface area contributed by atoms with Gasteiger partial charge in [0.15, 0.2) is 0 Å². The van der Waals surface area contributed by atoms with Gasteiger partial charge < -0.3 is 5.11 Å². The number of aromatic hydroxyl groups is 1. The van der Waals surface area contributed by atoms with Crippen LogP contribution in [0.1, 0.15) is 0 Å². The molecular weight excluding hydrogens is 149 g/mol. The minimum absolute atomic E-state index is 0. The first kappa shape index (κ1) is 9.88. The quantitative estimate of drug-likeness (QED) is 0.557. The van der Waals surface area contributed by atoms with Crippen molar-refractivity contribution in [3.8, 4) is 5.75 Å². The molecule has 0 saturated heterocycles. The molecule has 1 nitrogen and oxygen atoms in total. The van der Waals surface area contributed by atoms with Gasteiger partial charge in [0.1, 0.15) is 17.4 Å². The molecule has 0 fully saturated rings. The van der Waals surface area contributed by atoms with E-state index in [0.29, 0.717) is 6.07 Å². The summed E-state index contributed by atoms with van der Waals surface area (Å²) in [6, 6.07) is 2.37. The maximum atomic E-state index is 12.0. The molecule has 0 aliphatic heterocycles. The molecule has 0 bridgehead atoms. The van der Waals surface area contributed by atoms with Gasteiger partial charge in [-0.3, -0.25) is 0 Å². The third kappa shape index (κ3) is 2.64. The summed E-state index contributed by atoms with van der Waals surface area (Å²) in [7, 11) is 0. The first-order chi connectivity index (χ1) is 4.18. The van der Waals surface area contributed by atoms with Gasteiger partial charge in [0.05, 0.1) is 0 Å². The largest absolute Gasteiger partial charge is 0.508 e. The van der Waals surface area contributed by atoms with Gasteiger partial charge in [-0.2, -0.15) is 0 Å². The molecule has 0 aromatic heterocycles. The summed E-state index contributed by atoms with van der Waals surface area (Å²) in [6.45, 7) is 0. The Balaban J connectivity index is 0.000000810. The summed E-state index contributed by atoms with van der Waals surface area (Å²) in [5.74, 6) is -1.94. The fourth-order valence-corrected chi connectivity index (χ4v) is 0.539. The summed E-state index contributed by atoms with van der Waals surface area (Å²) < 4.78 is 24.1. The minimum atomic E-state index is -0.771. The van der Waals surface area contributed by atoms with Gasteiger partial charge in [0.2, 0.25) is 0 Å². The molecule has 4 heteroatoms. The number of benzene rings is 1. The molecule has 0 heterocycles. The van der Waals surface area contributed by atoms with Crippen molar-refractivity contribution in [3.05, 3.63) is 29.8 Å². The summed E-state index contributed by atoms with van der Waals surface area (Å²) >= 11 is 0.